The highest BCUT2D eigenvalue weighted by molar-refractivity contribution is 6.01. The predicted octanol–water partition coefficient (Wildman–Crippen LogP) is 0.584. The molecule has 1 aromatic carbocycles. The lowest BCUT2D eigenvalue weighted by atomic mass is 10.3. The van der Waals surface area contributed by atoms with E-state index < -0.39 is 36.9 Å². The van der Waals surface area contributed by atoms with Crippen LogP contribution in [-0.4, -0.2) is 43.3 Å². The summed E-state index contributed by atoms with van der Waals surface area (Å²) in [7, 11) is 1.38. The maximum atomic E-state index is 13.4. The zero-order chi connectivity index (χ0) is 15.8. The third kappa shape index (κ3) is 5.87. The van der Waals surface area contributed by atoms with Crippen molar-refractivity contribution in [2.75, 3.05) is 25.6 Å². The van der Waals surface area contributed by atoms with Crippen molar-refractivity contribution in [2.45, 2.75) is 0 Å². The lowest BCUT2D eigenvalue weighted by molar-refractivity contribution is -0.143. The number of nitrogens with one attached hydrogen (secondary N) is 2. The molecule has 0 radical (unpaired) electrons. The van der Waals surface area contributed by atoms with Gasteiger partial charge in [-0.1, -0.05) is 0 Å². The number of urea groups is 1. The van der Waals surface area contributed by atoms with E-state index in [9.17, 15) is 18.8 Å². The minimum Gasteiger partial charge on any atom is -0.497 e. The number of carboxylic acids is 1. The molecule has 3 amide bonds. The smallest absolute Gasteiger partial charge is 0.329 e. The Hall–Kier alpha value is -2.68. The lowest BCUT2D eigenvalue weighted by Gasteiger charge is -2.09. The van der Waals surface area contributed by atoms with E-state index >= 15 is 0 Å². The van der Waals surface area contributed by atoms with Crippen LogP contribution in [0.25, 0.3) is 0 Å². The van der Waals surface area contributed by atoms with Crippen molar-refractivity contribution in [3.8, 4) is 5.75 Å². The van der Waals surface area contributed by atoms with Crippen LogP contribution < -0.4 is 15.4 Å². The molecule has 0 heterocycles. The van der Waals surface area contributed by atoms with E-state index in [0.717, 1.165) is 6.07 Å². The third-order valence-corrected chi connectivity index (χ3v) is 2.13. The highest BCUT2D eigenvalue weighted by Gasteiger charge is 2.12. The molecule has 1 rings (SSSR count). The number of carboxylic acid groups (broad SMARTS) is 1. The van der Waals surface area contributed by atoms with Gasteiger partial charge in [0.1, 0.15) is 24.8 Å². The molecule has 0 unspecified atom stereocenters. The summed E-state index contributed by atoms with van der Waals surface area (Å²) in [6.07, 6.45) is 0. The molecule has 9 heteroatoms. The molecule has 0 saturated heterocycles. The molecule has 0 saturated carbocycles. The number of ether oxygens (including phenoxy) is 2. The van der Waals surface area contributed by atoms with Gasteiger partial charge in [0, 0.05) is 6.07 Å². The maximum absolute atomic E-state index is 13.4. The number of hydrogen-bond acceptors (Lipinski definition) is 5. The monoisotopic (exact) mass is 300 g/mol. The standard InChI is InChI=1S/C12H13FN2O6/c1-20-7-2-3-8(13)9(4-7)14-12(19)15-10(16)5-21-6-11(17)18/h2-4H,5-6H2,1H3,(H,17,18)(H2,14,15,16,19). The summed E-state index contributed by atoms with van der Waals surface area (Å²) in [5.74, 6) is -2.49. The summed E-state index contributed by atoms with van der Waals surface area (Å²) in [5.41, 5.74) is -0.175. The molecule has 1 aromatic rings. The molecule has 0 aromatic heterocycles. The number of carbonyl (C=O) groups is 3. The number of rotatable bonds is 6. The van der Waals surface area contributed by atoms with E-state index in [-0.39, 0.29) is 5.69 Å². The summed E-state index contributed by atoms with van der Waals surface area (Å²) in [4.78, 5) is 32.8. The number of halogens is 1. The Morgan fingerprint density at radius 3 is 2.62 bits per heavy atom. The first-order valence-corrected chi connectivity index (χ1v) is 5.66. The molecule has 21 heavy (non-hydrogen) atoms. The van der Waals surface area contributed by atoms with Gasteiger partial charge in [0.15, 0.2) is 0 Å². The first-order valence-electron chi connectivity index (χ1n) is 5.66. The van der Waals surface area contributed by atoms with Gasteiger partial charge in [-0.05, 0) is 12.1 Å². The minimum atomic E-state index is -1.24. The zero-order valence-electron chi connectivity index (χ0n) is 11.0. The number of hydrogen-bond donors (Lipinski definition) is 3. The van der Waals surface area contributed by atoms with Crippen molar-refractivity contribution >= 4 is 23.6 Å². The molecular formula is C12H13FN2O6. The van der Waals surface area contributed by atoms with E-state index in [2.05, 4.69) is 10.1 Å². The number of methoxy groups -OCH3 is 1. The second-order valence-corrected chi connectivity index (χ2v) is 3.73. The first-order chi connectivity index (χ1) is 9.92. The van der Waals surface area contributed by atoms with Gasteiger partial charge in [0.2, 0.25) is 0 Å². The van der Waals surface area contributed by atoms with Crippen molar-refractivity contribution in [3.05, 3.63) is 24.0 Å². The fraction of sp³-hybridized carbons (Fsp3) is 0.250. The third-order valence-electron chi connectivity index (χ3n) is 2.13. The van der Waals surface area contributed by atoms with Crippen molar-refractivity contribution < 1.29 is 33.4 Å². The van der Waals surface area contributed by atoms with E-state index in [1.807, 2.05) is 5.32 Å². The van der Waals surface area contributed by atoms with E-state index in [1.54, 1.807) is 0 Å². The molecular weight excluding hydrogens is 287 g/mol. The van der Waals surface area contributed by atoms with Crippen LogP contribution in [0.3, 0.4) is 0 Å². The Labute approximate surface area is 118 Å². The van der Waals surface area contributed by atoms with Crippen molar-refractivity contribution in [1.29, 1.82) is 0 Å². The predicted molar refractivity (Wildman–Crippen MR) is 68.6 cm³/mol. The summed E-state index contributed by atoms with van der Waals surface area (Å²) in [6, 6.07) is 2.71. The average molecular weight is 300 g/mol. The van der Waals surface area contributed by atoms with Crippen molar-refractivity contribution in [1.82, 2.24) is 5.32 Å². The second kappa shape index (κ2) is 7.80. The van der Waals surface area contributed by atoms with Gasteiger partial charge in [-0.15, -0.1) is 0 Å². The summed E-state index contributed by atoms with van der Waals surface area (Å²) in [6.45, 7) is -1.28. The highest BCUT2D eigenvalue weighted by Crippen LogP contribution is 2.20. The topological polar surface area (TPSA) is 114 Å². The minimum absolute atomic E-state index is 0.175. The number of benzene rings is 1. The fourth-order valence-electron chi connectivity index (χ4n) is 1.27. The molecule has 0 spiro atoms. The van der Waals surface area contributed by atoms with E-state index in [4.69, 9.17) is 9.84 Å². The SMILES string of the molecule is COc1ccc(F)c(NC(=O)NC(=O)COCC(=O)O)c1. The van der Waals surface area contributed by atoms with Gasteiger partial charge < -0.3 is 19.9 Å². The Kier molecular flexibility index (Phi) is 6.08. The summed E-state index contributed by atoms with van der Waals surface area (Å²) >= 11 is 0. The van der Waals surface area contributed by atoms with Crippen molar-refractivity contribution in [2.24, 2.45) is 0 Å². The first kappa shape index (κ1) is 16.4. The molecule has 0 aliphatic carbocycles. The molecule has 0 aliphatic rings. The summed E-state index contributed by atoms with van der Waals surface area (Å²) < 4.78 is 22.8. The van der Waals surface area contributed by atoms with Gasteiger partial charge in [0.25, 0.3) is 5.91 Å². The van der Waals surface area contributed by atoms with Gasteiger partial charge in [-0.2, -0.15) is 0 Å². The largest absolute Gasteiger partial charge is 0.497 e. The van der Waals surface area contributed by atoms with Crippen LogP contribution in [0.2, 0.25) is 0 Å². The quantitative estimate of drug-likeness (QED) is 0.708. The number of carbonyl (C=O) groups excluding carboxylic acids is 2. The Bertz CT molecular complexity index is 549. The molecule has 0 fully saturated rings. The number of anilines is 1. The fourth-order valence-corrected chi connectivity index (χ4v) is 1.27. The average Bonchev–Trinajstić information content (AvgIpc) is 2.40. The van der Waals surface area contributed by atoms with Crippen LogP contribution in [0.4, 0.5) is 14.9 Å². The molecule has 114 valence electrons. The normalized spacial score (nSPS) is 9.81. The maximum Gasteiger partial charge on any atom is 0.329 e. The number of aliphatic carboxylic acids is 1. The highest BCUT2D eigenvalue weighted by atomic mass is 19.1. The van der Waals surface area contributed by atoms with Gasteiger partial charge in [-0.3, -0.25) is 10.1 Å². The Morgan fingerprint density at radius 1 is 1.29 bits per heavy atom. The number of amides is 3. The Morgan fingerprint density at radius 2 is 2.00 bits per heavy atom. The van der Waals surface area contributed by atoms with E-state index in [0.29, 0.717) is 5.75 Å². The molecule has 0 aliphatic heterocycles. The molecule has 3 N–H and O–H groups in total. The Balaban J connectivity index is 2.50. The van der Waals surface area contributed by atoms with Crippen LogP contribution in [0.5, 0.6) is 5.75 Å². The number of imide groups is 1. The van der Waals surface area contributed by atoms with Crippen LogP contribution in [0.1, 0.15) is 0 Å². The van der Waals surface area contributed by atoms with Crippen LogP contribution in [-0.2, 0) is 14.3 Å². The molecule has 8 nitrogen and oxygen atoms in total. The van der Waals surface area contributed by atoms with Crippen LogP contribution >= 0.6 is 0 Å². The van der Waals surface area contributed by atoms with Gasteiger partial charge >= 0.3 is 12.0 Å². The van der Waals surface area contributed by atoms with Crippen molar-refractivity contribution in [3.63, 3.8) is 0 Å². The van der Waals surface area contributed by atoms with Gasteiger partial charge in [-0.25, -0.2) is 14.0 Å². The van der Waals surface area contributed by atoms with E-state index in [1.165, 1.54) is 19.2 Å². The van der Waals surface area contributed by atoms with Gasteiger partial charge in [0.05, 0.1) is 12.8 Å². The zero-order valence-corrected chi connectivity index (χ0v) is 11.0. The lowest BCUT2D eigenvalue weighted by Crippen LogP contribution is -2.37. The summed E-state index contributed by atoms with van der Waals surface area (Å²) in [5, 5.41) is 12.3. The second-order valence-electron chi connectivity index (χ2n) is 3.73. The molecule has 0 bridgehead atoms. The van der Waals surface area contributed by atoms with Crippen LogP contribution in [0, 0.1) is 5.82 Å². The molecule has 0 atom stereocenters. The van der Waals surface area contributed by atoms with Crippen LogP contribution in [0.15, 0.2) is 18.2 Å².